The van der Waals surface area contributed by atoms with E-state index < -0.39 is 17.5 Å². The van der Waals surface area contributed by atoms with E-state index in [1.807, 2.05) is 68.4 Å². The Morgan fingerprint density at radius 1 is 0.653 bits per heavy atom. The van der Waals surface area contributed by atoms with E-state index in [0.717, 1.165) is 68.7 Å². The van der Waals surface area contributed by atoms with Gasteiger partial charge >= 0.3 is 0 Å². The summed E-state index contributed by atoms with van der Waals surface area (Å²) in [4.78, 5) is 65.7. The maximum Gasteiger partial charge on any atom is 0.275 e. The van der Waals surface area contributed by atoms with Crippen LogP contribution in [-0.2, 0) is 22.4 Å². The molecule has 3 fully saturated rings. The highest BCUT2D eigenvalue weighted by Crippen LogP contribution is 2.25. The highest BCUT2D eigenvalue weighted by molar-refractivity contribution is 7.59. The molecule has 5 aromatic rings. The number of rotatable bonds is 12. The van der Waals surface area contributed by atoms with E-state index in [2.05, 4.69) is 70.3 Å². The number of pyridine rings is 1. The molecule has 3 aliphatic rings. The second-order valence-electron chi connectivity index (χ2n) is 18.3. The first kappa shape index (κ1) is 56.6. The summed E-state index contributed by atoms with van der Waals surface area (Å²) >= 11 is 0. The maximum absolute atomic E-state index is 15.2. The first-order chi connectivity index (χ1) is 34.3. The average Bonchev–Trinajstić information content (AvgIpc) is 3.40. The summed E-state index contributed by atoms with van der Waals surface area (Å²) in [6, 6.07) is 31.4. The zero-order valence-electron chi connectivity index (χ0n) is 42.8. The van der Waals surface area contributed by atoms with Gasteiger partial charge in [-0.05, 0) is 90.6 Å². The fraction of sp³-hybridized carbons (Fsp3) is 0.404. The second-order valence-corrected chi connectivity index (χ2v) is 18.3. The molecular formula is C57H72F2N8O4S. The van der Waals surface area contributed by atoms with Gasteiger partial charge in [0.2, 0.25) is 11.8 Å². The summed E-state index contributed by atoms with van der Waals surface area (Å²) in [5, 5.41) is 4.26. The Labute approximate surface area is 431 Å². The molecule has 0 atom stereocenters. The molecule has 15 heteroatoms. The summed E-state index contributed by atoms with van der Waals surface area (Å²) < 4.78 is 30.2. The van der Waals surface area contributed by atoms with Gasteiger partial charge in [0.1, 0.15) is 5.82 Å². The number of hydrogen-bond acceptors (Lipinski definition) is 8. The van der Waals surface area contributed by atoms with E-state index in [1.54, 1.807) is 33.0 Å². The first-order valence-electron chi connectivity index (χ1n) is 25.1. The van der Waals surface area contributed by atoms with Gasteiger partial charge < -0.3 is 19.6 Å². The number of halogens is 2. The minimum absolute atomic E-state index is 0. The van der Waals surface area contributed by atoms with E-state index in [4.69, 9.17) is 0 Å². The zero-order chi connectivity index (χ0) is 50.9. The number of benzene rings is 4. The van der Waals surface area contributed by atoms with E-state index in [-0.39, 0.29) is 48.9 Å². The summed E-state index contributed by atoms with van der Waals surface area (Å²) in [7, 11) is 0. The van der Waals surface area contributed by atoms with Gasteiger partial charge in [-0.2, -0.15) is 18.6 Å². The first-order valence-corrected chi connectivity index (χ1v) is 25.1. The molecule has 4 aromatic carbocycles. The van der Waals surface area contributed by atoms with Crippen LogP contribution >= 0.6 is 13.5 Å². The van der Waals surface area contributed by atoms with Gasteiger partial charge in [0.25, 0.3) is 11.8 Å². The molecule has 4 amide bonds. The predicted octanol–water partition coefficient (Wildman–Crippen LogP) is 8.57. The fourth-order valence-corrected chi connectivity index (χ4v) is 8.99. The van der Waals surface area contributed by atoms with Crippen molar-refractivity contribution in [3.05, 3.63) is 160 Å². The van der Waals surface area contributed by atoms with Gasteiger partial charge in [-0.25, -0.2) is 19.2 Å². The molecule has 0 spiro atoms. The minimum atomic E-state index is -0.618. The van der Waals surface area contributed by atoms with Crippen LogP contribution in [0.2, 0.25) is 0 Å². The molecule has 3 aliphatic heterocycles. The summed E-state index contributed by atoms with van der Waals surface area (Å²) in [5.41, 5.74) is 9.77. The number of nitrogens with one attached hydrogen (secondary N) is 1. The van der Waals surface area contributed by atoms with Crippen molar-refractivity contribution in [2.24, 2.45) is 11.0 Å². The lowest BCUT2D eigenvalue weighted by Gasteiger charge is -2.40. The van der Waals surface area contributed by atoms with Crippen molar-refractivity contribution in [2.45, 2.75) is 67.2 Å². The number of carbonyl (C=O) groups is 4. The van der Waals surface area contributed by atoms with Gasteiger partial charge in [-0.1, -0.05) is 106 Å². The van der Waals surface area contributed by atoms with Crippen LogP contribution in [0.5, 0.6) is 0 Å². The molecule has 4 heterocycles. The summed E-state index contributed by atoms with van der Waals surface area (Å²) in [6.07, 6.45) is 4.41. The smallest absolute Gasteiger partial charge is 0.275 e. The Morgan fingerprint density at radius 3 is 1.88 bits per heavy atom. The standard InChI is InChI=1S/C47H54F2N8O4.C8H10.C2H6.H2S/c1-3-34-8-7-11-38(26-34)39-29-42(49)45(50-30-39)47(61)56-16-14-35(15-17-56)31-53-18-20-54(21-19-53)32-44(59)55-22-24-57(25-23-55)46(60)40-27-36(12-13-41(40)48)28-43(52-51-33(2)58)37-9-5-4-6-10-37;1-7-5-3-4-6-8(7)2;1-2;/h4-13,26-27,29-30,35H,3,14-25,28,31-32H2,1-2H3,(H,51,58);3-6H,1-2H3;1-2H3;1H2/b52-43-;;;. The van der Waals surface area contributed by atoms with E-state index in [1.165, 1.54) is 30.2 Å². The second kappa shape index (κ2) is 28.1. The minimum Gasteiger partial charge on any atom is -0.338 e. The third kappa shape index (κ3) is 15.9. The fourth-order valence-electron chi connectivity index (χ4n) is 8.99. The van der Waals surface area contributed by atoms with Crippen LogP contribution in [0.15, 0.2) is 114 Å². The number of likely N-dealkylation sites (tertiary alicyclic amines) is 1. The predicted molar refractivity (Wildman–Crippen MR) is 288 cm³/mol. The monoisotopic (exact) mass is 1000 g/mol. The number of carbonyl (C=O) groups excluding carboxylic acids is 4. The lowest BCUT2D eigenvalue weighted by atomic mass is 9.95. The highest BCUT2D eigenvalue weighted by atomic mass is 32.1. The van der Waals surface area contributed by atoms with Crippen LogP contribution in [0.3, 0.4) is 0 Å². The van der Waals surface area contributed by atoms with Gasteiger partial charge in [-0.3, -0.25) is 24.1 Å². The van der Waals surface area contributed by atoms with E-state index in [0.29, 0.717) is 68.6 Å². The van der Waals surface area contributed by atoms with Crippen molar-refractivity contribution in [1.29, 1.82) is 0 Å². The molecule has 0 aliphatic carbocycles. The van der Waals surface area contributed by atoms with Crippen molar-refractivity contribution in [2.75, 3.05) is 78.5 Å². The van der Waals surface area contributed by atoms with Crippen molar-refractivity contribution in [1.82, 2.24) is 34.9 Å². The highest BCUT2D eigenvalue weighted by Gasteiger charge is 2.31. The van der Waals surface area contributed by atoms with Crippen LogP contribution in [0, 0.1) is 31.4 Å². The number of hydrogen-bond donors (Lipinski definition) is 1. The number of piperidine rings is 1. The quantitative estimate of drug-likeness (QED) is 0.0983. The van der Waals surface area contributed by atoms with Gasteiger partial charge in [0.05, 0.1) is 17.8 Å². The molecule has 72 heavy (non-hydrogen) atoms. The molecule has 3 saturated heterocycles. The van der Waals surface area contributed by atoms with E-state index in [9.17, 15) is 19.2 Å². The number of piperazine rings is 2. The lowest BCUT2D eigenvalue weighted by molar-refractivity contribution is -0.134. The van der Waals surface area contributed by atoms with Crippen molar-refractivity contribution in [3.63, 3.8) is 0 Å². The topological polar surface area (TPSA) is 122 Å². The van der Waals surface area contributed by atoms with Crippen LogP contribution in [0.1, 0.15) is 89.2 Å². The van der Waals surface area contributed by atoms with Crippen molar-refractivity contribution >= 4 is 42.8 Å². The maximum atomic E-state index is 15.2. The largest absolute Gasteiger partial charge is 0.338 e. The molecule has 12 nitrogen and oxygen atoms in total. The molecule has 8 rings (SSSR count). The molecule has 0 bridgehead atoms. The van der Waals surface area contributed by atoms with Crippen LogP contribution in [0.4, 0.5) is 8.78 Å². The van der Waals surface area contributed by atoms with Crippen LogP contribution in [-0.4, -0.2) is 137 Å². The van der Waals surface area contributed by atoms with Gasteiger partial charge in [0.15, 0.2) is 11.5 Å². The van der Waals surface area contributed by atoms with Gasteiger partial charge in [-0.15, -0.1) is 0 Å². The molecule has 1 N–H and O–H groups in total. The normalized spacial score (nSPS) is 15.6. The Morgan fingerprint density at radius 2 is 1.26 bits per heavy atom. The molecular weight excluding hydrogens is 931 g/mol. The Balaban J connectivity index is 0.000000789. The third-order valence-corrected chi connectivity index (χ3v) is 13.4. The van der Waals surface area contributed by atoms with Crippen LogP contribution in [0.25, 0.3) is 11.1 Å². The zero-order valence-corrected chi connectivity index (χ0v) is 43.8. The number of aryl methyl sites for hydroxylation is 3. The molecule has 1 aromatic heterocycles. The summed E-state index contributed by atoms with van der Waals surface area (Å²) in [6.45, 7) is 18.6. The number of hydrazone groups is 1. The third-order valence-electron chi connectivity index (χ3n) is 13.4. The molecule has 0 unspecified atom stereocenters. The van der Waals surface area contributed by atoms with Crippen molar-refractivity contribution in [3.8, 4) is 11.1 Å². The number of aromatic nitrogens is 1. The Hall–Kier alpha value is -6.29. The number of nitrogens with zero attached hydrogens (tertiary/aromatic N) is 7. The van der Waals surface area contributed by atoms with E-state index >= 15 is 8.78 Å². The number of amides is 4. The molecule has 0 radical (unpaired) electrons. The molecule has 0 saturated carbocycles. The van der Waals surface area contributed by atoms with Crippen molar-refractivity contribution < 1.29 is 28.0 Å². The average molecular weight is 1000 g/mol. The lowest BCUT2D eigenvalue weighted by Crippen LogP contribution is -2.55. The Kier molecular flexibility index (Phi) is 22.1. The Bertz CT molecular complexity index is 2590. The summed E-state index contributed by atoms with van der Waals surface area (Å²) in [5.74, 6) is -1.88. The van der Waals surface area contributed by atoms with Gasteiger partial charge in [0, 0.05) is 97.1 Å². The molecule has 384 valence electrons. The van der Waals surface area contributed by atoms with Crippen LogP contribution < -0.4 is 5.43 Å². The SMILES string of the molecule is CC.CCc1cccc(-c2cnc(C(=O)N3CCC(CN4CCN(CC(=O)N5CCN(C(=O)c6cc(C/C(=N/NC(C)=O)c7ccccc7)ccc6F)CC5)CC4)CC3)c(F)c2)c1.Cc1ccccc1C.S.